The lowest BCUT2D eigenvalue weighted by Gasteiger charge is -2.38. The molecule has 1 aliphatic rings. The van der Waals surface area contributed by atoms with Crippen LogP contribution in [-0.4, -0.2) is 22.2 Å². The van der Waals surface area contributed by atoms with Crippen molar-refractivity contribution < 1.29 is 4.79 Å². The van der Waals surface area contributed by atoms with Gasteiger partial charge >= 0.3 is 0 Å². The first kappa shape index (κ1) is 19.3. The third-order valence-corrected chi connectivity index (χ3v) is 5.45. The summed E-state index contributed by atoms with van der Waals surface area (Å²) in [4.78, 5) is 22.1. The first-order valence-corrected chi connectivity index (χ1v) is 10.2. The molecule has 6 nitrogen and oxygen atoms in total. The number of amides is 1. The van der Waals surface area contributed by atoms with Crippen molar-refractivity contribution in [3.63, 3.8) is 0 Å². The summed E-state index contributed by atoms with van der Waals surface area (Å²) in [7, 11) is 0. The molecule has 3 atom stereocenters. The van der Waals surface area contributed by atoms with E-state index in [0.29, 0.717) is 5.95 Å². The van der Waals surface area contributed by atoms with Gasteiger partial charge in [0.2, 0.25) is 11.9 Å². The Bertz CT molecular complexity index is 1020. The summed E-state index contributed by atoms with van der Waals surface area (Å²) >= 11 is 0. The van der Waals surface area contributed by atoms with E-state index in [1.165, 1.54) is 5.56 Å². The molecule has 0 radical (unpaired) electrons. The topological polar surface area (TPSA) is 78.9 Å². The number of hydrogen-bond acceptors (Lipinski definition) is 5. The molecule has 0 bridgehead atoms. The normalized spacial score (nSPS) is 21.8. The minimum absolute atomic E-state index is 0.0464. The predicted octanol–water partition coefficient (Wildman–Crippen LogP) is 3.82. The molecular formula is C23H27N5O. The zero-order valence-corrected chi connectivity index (χ0v) is 17.1. The molecule has 0 spiro atoms. The third-order valence-electron chi connectivity index (χ3n) is 5.45. The number of hydrogen-bond donors (Lipinski definition) is 3. The number of aryl methyl sites for hydroxylation is 2. The molecule has 3 N–H and O–H groups in total. The molecule has 1 aromatic heterocycles. The number of benzene rings is 2. The highest BCUT2D eigenvalue weighted by atomic mass is 16.2. The van der Waals surface area contributed by atoms with Crippen molar-refractivity contribution in [2.45, 2.75) is 45.9 Å². The lowest BCUT2D eigenvalue weighted by Crippen LogP contribution is -2.60. The second kappa shape index (κ2) is 8.17. The summed E-state index contributed by atoms with van der Waals surface area (Å²) in [6, 6.07) is 16.2. The Morgan fingerprint density at radius 3 is 2.62 bits per heavy atom. The third kappa shape index (κ3) is 4.07. The fourth-order valence-electron chi connectivity index (χ4n) is 4.00. The zero-order chi connectivity index (χ0) is 20.4. The number of fused-ring (bicyclic) bond motifs is 1. The molecule has 3 unspecified atom stereocenters. The van der Waals surface area contributed by atoms with Crippen molar-refractivity contribution in [2.24, 2.45) is 5.92 Å². The Labute approximate surface area is 171 Å². The van der Waals surface area contributed by atoms with E-state index in [9.17, 15) is 4.79 Å². The molecule has 4 rings (SSSR count). The Kier molecular flexibility index (Phi) is 5.45. The lowest BCUT2D eigenvalue weighted by atomic mass is 9.87. The standard InChI is InChI=1S/C23H27N5O/c1-4-8-17-20(16-9-6-5-7-10-16)26-23(27-21(17)29)28-22-24-15(3)18-13-14(2)11-12-19(18)25-22/h5-7,9-13,17,20,23,26H,4,8H2,1-3H3,(H,27,29)(H,24,25,28). The number of nitrogens with one attached hydrogen (secondary N) is 3. The van der Waals surface area contributed by atoms with E-state index in [1.807, 2.05) is 37.3 Å². The molecule has 0 aliphatic carbocycles. The lowest BCUT2D eigenvalue weighted by molar-refractivity contribution is -0.129. The molecule has 1 aliphatic heterocycles. The summed E-state index contributed by atoms with van der Waals surface area (Å²) in [6.45, 7) is 6.14. The summed E-state index contributed by atoms with van der Waals surface area (Å²) in [6.07, 6.45) is 1.34. The molecule has 29 heavy (non-hydrogen) atoms. The van der Waals surface area contributed by atoms with Crippen LogP contribution in [0.1, 0.15) is 42.6 Å². The second-order valence-corrected chi connectivity index (χ2v) is 7.69. The van der Waals surface area contributed by atoms with E-state index < -0.39 is 6.29 Å². The van der Waals surface area contributed by atoms with Crippen molar-refractivity contribution in [3.8, 4) is 0 Å². The maximum absolute atomic E-state index is 12.9. The van der Waals surface area contributed by atoms with Crippen LogP contribution < -0.4 is 16.0 Å². The first-order chi connectivity index (χ1) is 14.0. The maximum atomic E-state index is 12.9. The zero-order valence-electron chi connectivity index (χ0n) is 17.1. The Morgan fingerprint density at radius 2 is 1.86 bits per heavy atom. The van der Waals surface area contributed by atoms with Gasteiger partial charge in [0.1, 0.15) is 0 Å². The molecule has 2 aromatic carbocycles. The van der Waals surface area contributed by atoms with Gasteiger partial charge in [0.15, 0.2) is 6.29 Å². The fourth-order valence-corrected chi connectivity index (χ4v) is 4.00. The van der Waals surface area contributed by atoms with Gasteiger partial charge in [-0.15, -0.1) is 0 Å². The summed E-state index contributed by atoms with van der Waals surface area (Å²) in [5.41, 5.74) is 4.08. The van der Waals surface area contributed by atoms with E-state index in [-0.39, 0.29) is 17.9 Å². The van der Waals surface area contributed by atoms with Crippen molar-refractivity contribution in [3.05, 3.63) is 65.4 Å². The Balaban J connectivity index is 1.60. The molecule has 3 aromatic rings. The largest absolute Gasteiger partial charge is 0.323 e. The highest BCUT2D eigenvalue weighted by Gasteiger charge is 2.36. The Hall–Kier alpha value is -2.99. The molecular weight excluding hydrogens is 362 g/mol. The van der Waals surface area contributed by atoms with E-state index >= 15 is 0 Å². The summed E-state index contributed by atoms with van der Waals surface area (Å²) in [5, 5.41) is 10.9. The van der Waals surface area contributed by atoms with Gasteiger partial charge in [-0.25, -0.2) is 9.97 Å². The monoisotopic (exact) mass is 389 g/mol. The molecule has 6 heteroatoms. The first-order valence-electron chi connectivity index (χ1n) is 10.2. The highest BCUT2D eigenvalue weighted by Crippen LogP contribution is 2.29. The smallest absolute Gasteiger partial charge is 0.227 e. The SMILES string of the molecule is CCCC1C(=O)NC(Nc2nc(C)c3cc(C)ccc3n2)NC1c1ccccc1. The van der Waals surface area contributed by atoms with Crippen LogP contribution in [0.5, 0.6) is 0 Å². The van der Waals surface area contributed by atoms with Crippen molar-refractivity contribution in [1.82, 2.24) is 20.6 Å². The quantitative estimate of drug-likeness (QED) is 0.618. The number of rotatable bonds is 5. The van der Waals surface area contributed by atoms with Gasteiger partial charge < -0.3 is 10.6 Å². The van der Waals surface area contributed by atoms with Gasteiger partial charge in [0.05, 0.1) is 17.1 Å². The molecule has 150 valence electrons. The Morgan fingerprint density at radius 1 is 1.07 bits per heavy atom. The van der Waals surface area contributed by atoms with Gasteiger partial charge in [-0.3, -0.25) is 10.1 Å². The average Bonchev–Trinajstić information content (AvgIpc) is 2.71. The van der Waals surface area contributed by atoms with Gasteiger partial charge in [-0.2, -0.15) is 0 Å². The number of nitrogens with zero attached hydrogens (tertiary/aromatic N) is 2. The fraction of sp³-hybridized carbons (Fsp3) is 0.348. The summed E-state index contributed by atoms with van der Waals surface area (Å²) < 4.78 is 0. The minimum Gasteiger partial charge on any atom is -0.323 e. The maximum Gasteiger partial charge on any atom is 0.227 e. The second-order valence-electron chi connectivity index (χ2n) is 7.69. The van der Waals surface area contributed by atoms with E-state index in [1.54, 1.807) is 0 Å². The minimum atomic E-state index is -0.442. The van der Waals surface area contributed by atoms with Crippen molar-refractivity contribution in [1.29, 1.82) is 0 Å². The number of carbonyl (C=O) groups excluding carboxylic acids is 1. The van der Waals surface area contributed by atoms with Crippen LogP contribution >= 0.6 is 0 Å². The van der Waals surface area contributed by atoms with E-state index in [4.69, 9.17) is 0 Å². The summed E-state index contributed by atoms with van der Waals surface area (Å²) in [5.74, 6) is 0.435. The van der Waals surface area contributed by atoms with Crippen LogP contribution in [0, 0.1) is 19.8 Å². The van der Waals surface area contributed by atoms with Gasteiger partial charge in [0.25, 0.3) is 0 Å². The van der Waals surface area contributed by atoms with Gasteiger partial charge in [0, 0.05) is 11.4 Å². The predicted molar refractivity (Wildman–Crippen MR) is 115 cm³/mol. The molecule has 1 fully saturated rings. The van der Waals surface area contributed by atoms with Crippen LogP contribution in [0.4, 0.5) is 5.95 Å². The average molecular weight is 390 g/mol. The van der Waals surface area contributed by atoms with E-state index in [2.05, 4.69) is 58.0 Å². The van der Waals surface area contributed by atoms with Crippen LogP contribution in [0.25, 0.3) is 10.9 Å². The van der Waals surface area contributed by atoms with Crippen molar-refractivity contribution >= 4 is 22.8 Å². The highest BCUT2D eigenvalue weighted by molar-refractivity contribution is 5.83. The van der Waals surface area contributed by atoms with Crippen LogP contribution in [0.2, 0.25) is 0 Å². The molecule has 2 heterocycles. The van der Waals surface area contributed by atoms with Crippen LogP contribution in [0.3, 0.4) is 0 Å². The molecule has 0 saturated carbocycles. The van der Waals surface area contributed by atoms with Crippen LogP contribution in [0.15, 0.2) is 48.5 Å². The number of aromatic nitrogens is 2. The number of carbonyl (C=O) groups is 1. The van der Waals surface area contributed by atoms with Gasteiger partial charge in [-0.1, -0.05) is 55.3 Å². The van der Waals surface area contributed by atoms with Crippen LogP contribution in [-0.2, 0) is 4.79 Å². The van der Waals surface area contributed by atoms with Crippen molar-refractivity contribution in [2.75, 3.05) is 5.32 Å². The molecule has 1 saturated heterocycles. The van der Waals surface area contributed by atoms with E-state index in [0.717, 1.165) is 35.0 Å². The molecule has 1 amide bonds. The van der Waals surface area contributed by atoms with Gasteiger partial charge in [-0.05, 0) is 38.0 Å². The number of anilines is 1.